The van der Waals surface area contributed by atoms with Crippen LogP contribution in [0.3, 0.4) is 0 Å². The number of nitrogens with one attached hydrogen (secondary N) is 2. The van der Waals surface area contributed by atoms with Gasteiger partial charge in [0.1, 0.15) is 0 Å². The first-order valence-corrected chi connectivity index (χ1v) is 6.88. The predicted molar refractivity (Wildman–Crippen MR) is 75.6 cm³/mol. The summed E-state index contributed by atoms with van der Waals surface area (Å²) in [5, 5.41) is 14.9. The minimum atomic E-state index is -1.08. The van der Waals surface area contributed by atoms with E-state index in [4.69, 9.17) is 4.74 Å². The molecule has 1 fully saturated rings. The van der Waals surface area contributed by atoms with Crippen LogP contribution in [0, 0.1) is 5.41 Å². The van der Waals surface area contributed by atoms with Crippen LogP contribution in [0.5, 0.6) is 0 Å². The Morgan fingerprint density at radius 3 is 2.25 bits per heavy atom. The summed E-state index contributed by atoms with van der Waals surface area (Å²) in [5.41, 5.74) is -2.39. The van der Waals surface area contributed by atoms with Gasteiger partial charge in [-0.15, -0.1) is 0 Å². The lowest BCUT2D eigenvalue weighted by Gasteiger charge is -2.40. The molecule has 116 valence electrons. The molecule has 0 aliphatic carbocycles. The van der Waals surface area contributed by atoms with E-state index in [1.165, 1.54) is 0 Å². The lowest BCUT2D eigenvalue weighted by Crippen LogP contribution is -2.62. The molecule has 2 atom stereocenters. The number of carbonyl (C=O) groups is 2. The maximum absolute atomic E-state index is 12.2. The van der Waals surface area contributed by atoms with Crippen LogP contribution in [0.1, 0.15) is 48.0 Å². The van der Waals surface area contributed by atoms with Crippen LogP contribution in [0.25, 0.3) is 0 Å². The second-order valence-corrected chi connectivity index (χ2v) is 6.81. The zero-order valence-corrected chi connectivity index (χ0v) is 13.2. The normalized spacial score (nSPS) is 27.2. The van der Waals surface area contributed by atoms with E-state index in [2.05, 4.69) is 10.6 Å². The standard InChI is InChI=1S/C14H26N2O4/c1-9-14(6,7-8-20-9)16-11(19)15-13(4,5)12(2,3)10(17)18/h9H,7-8H2,1-6H3,(H,17,18)(H2,15,16,19). The van der Waals surface area contributed by atoms with Gasteiger partial charge in [0.05, 0.1) is 22.6 Å². The summed E-state index contributed by atoms with van der Waals surface area (Å²) >= 11 is 0. The molecule has 20 heavy (non-hydrogen) atoms. The summed E-state index contributed by atoms with van der Waals surface area (Å²) in [6.07, 6.45) is 0.675. The molecule has 1 saturated heterocycles. The van der Waals surface area contributed by atoms with E-state index < -0.39 is 22.5 Å². The Balaban J connectivity index is 2.73. The van der Waals surface area contributed by atoms with Gasteiger partial charge >= 0.3 is 12.0 Å². The molecule has 0 aromatic rings. The largest absolute Gasteiger partial charge is 0.481 e. The summed E-state index contributed by atoms with van der Waals surface area (Å²) in [6, 6.07) is -0.371. The number of urea groups is 1. The van der Waals surface area contributed by atoms with Crippen molar-refractivity contribution in [2.75, 3.05) is 6.61 Å². The second-order valence-electron chi connectivity index (χ2n) is 6.81. The first-order valence-electron chi connectivity index (χ1n) is 6.88. The van der Waals surface area contributed by atoms with Gasteiger partial charge in [-0.3, -0.25) is 4.79 Å². The SMILES string of the molecule is CC1OCCC1(C)NC(=O)NC(C)(C)C(C)(C)C(=O)O. The van der Waals surface area contributed by atoms with Crippen molar-refractivity contribution in [3.8, 4) is 0 Å². The molecular formula is C14H26N2O4. The number of hydrogen-bond donors (Lipinski definition) is 3. The Hall–Kier alpha value is -1.30. The summed E-state index contributed by atoms with van der Waals surface area (Å²) in [5.74, 6) is -0.952. The van der Waals surface area contributed by atoms with Gasteiger partial charge < -0.3 is 20.5 Å². The van der Waals surface area contributed by atoms with E-state index in [1.807, 2.05) is 13.8 Å². The number of ether oxygens (including phenoxy) is 1. The number of carbonyl (C=O) groups excluding carboxylic acids is 1. The first-order chi connectivity index (χ1) is 8.92. The molecule has 6 nitrogen and oxygen atoms in total. The molecular weight excluding hydrogens is 260 g/mol. The quantitative estimate of drug-likeness (QED) is 0.734. The van der Waals surface area contributed by atoms with Crippen LogP contribution in [0.4, 0.5) is 4.79 Å². The zero-order valence-electron chi connectivity index (χ0n) is 13.2. The maximum atomic E-state index is 12.2. The monoisotopic (exact) mass is 286 g/mol. The van der Waals surface area contributed by atoms with Crippen molar-refractivity contribution >= 4 is 12.0 Å². The average molecular weight is 286 g/mol. The fourth-order valence-corrected chi connectivity index (χ4v) is 2.00. The van der Waals surface area contributed by atoms with Gasteiger partial charge in [0.2, 0.25) is 0 Å². The summed E-state index contributed by atoms with van der Waals surface area (Å²) in [7, 11) is 0. The highest BCUT2D eigenvalue weighted by Gasteiger charge is 2.46. The Bertz CT molecular complexity index is 406. The van der Waals surface area contributed by atoms with Gasteiger partial charge in [-0.2, -0.15) is 0 Å². The van der Waals surface area contributed by atoms with Crippen LogP contribution in [0.2, 0.25) is 0 Å². The lowest BCUT2D eigenvalue weighted by molar-refractivity contribution is -0.150. The van der Waals surface area contributed by atoms with Crippen LogP contribution < -0.4 is 10.6 Å². The number of hydrogen-bond acceptors (Lipinski definition) is 3. The average Bonchev–Trinajstić information content (AvgIpc) is 2.57. The topological polar surface area (TPSA) is 87.7 Å². The Labute approximate surface area is 120 Å². The molecule has 0 aromatic heterocycles. The third kappa shape index (κ3) is 3.06. The first kappa shape index (κ1) is 16.8. The summed E-state index contributed by atoms with van der Waals surface area (Å²) < 4.78 is 5.47. The summed E-state index contributed by atoms with van der Waals surface area (Å²) in [6.45, 7) is 11.1. The fourth-order valence-electron chi connectivity index (χ4n) is 2.00. The van der Waals surface area contributed by atoms with Crippen molar-refractivity contribution in [3.05, 3.63) is 0 Å². The maximum Gasteiger partial charge on any atom is 0.315 e. The van der Waals surface area contributed by atoms with Crippen molar-refractivity contribution in [1.82, 2.24) is 10.6 Å². The highest BCUT2D eigenvalue weighted by atomic mass is 16.5. The van der Waals surface area contributed by atoms with Crippen molar-refractivity contribution in [2.24, 2.45) is 5.41 Å². The number of aliphatic carboxylic acids is 1. The molecule has 0 spiro atoms. The molecule has 0 bridgehead atoms. The smallest absolute Gasteiger partial charge is 0.315 e. The predicted octanol–water partition coefficient (Wildman–Crippen LogP) is 1.74. The zero-order chi connectivity index (χ0) is 15.8. The van der Waals surface area contributed by atoms with Crippen LogP contribution in [0.15, 0.2) is 0 Å². The third-order valence-electron chi connectivity index (χ3n) is 4.81. The minimum absolute atomic E-state index is 0.0659. The van der Waals surface area contributed by atoms with Gasteiger partial charge in [-0.05, 0) is 48.0 Å². The Morgan fingerprint density at radius 1 is 1.30 bits per heavy atom. The van der Waals surface area contributed by atoms with Gasteiger partial charge in [0, 0.05) is 6.61 Å². The molecule has 0 aromatic carbocycles. The van der Waals surface area contributed by atoms with E-state index in [0.29, 0.717) is 6.61 Å². The van der Waals surface area contributed by atoms with Crippen LogP contribution >= 0.6 is 0 Å². The molecule has 2 amide bonds. The van der Waals surface area contributed by atoms with E-state index in [-0.39, 0.29) is 12.1 Å². The second kappa shape index (κ2) is 5.24. The van der Waals surface area contributed by atoms with Gasteiger partial charge in [-0.1, -0.05) is 0 Å². The molecule has 1 aliphatic heterocycles. The molecule has 3 N–H and O–H groups in total. The van der Waals surface area contributed by atoms with Crippen molar-refractivity contribution in [1.29, 1.82) is 0 Å². The van der Waals surface area contributed by atoms with Crippen LogP contribution in [-0.4, -0.2) is 40.9 Å². The van der Waals surface area contributed by atoms with Gasteiger partial charge in [-0.25, -0.2) is 4.79 Å². The van der Waals surface area contributed by atoms with Gasteiger partial charge in [0.25, 0.3) is 0 Å². The fraction of sp³-hybridized carbons (Fsp3) is 0.857. The number of carboxylic acid groups (broad SMARTS) is 1. The molecule has 1 aliphatic rings. The van der Waals surface area contributed by atoms with E-state index in [1.54, 1.807) is 27.7 Å². The molecule has 0 radical (unpaired) electrons. The molecule has 0 saturated carbocycles. The lowest BCUT2D eigenvalue weighted by atomic mass is 9.74. The highest BCUT2D eigenvalue weighted by molar-refractivity contribution is 5.80. The van der Waals surface area contributed by atoms with E-state index >= 15 is 0 Å². The molecule has 1 heterocycles. The van der Waals surface area contributed by atoms with Crippen molar-refractivity contribution < 1.29 is 19.4 Å². The highest BCUT2D eigenvalue weighted by Crippen LogP contribution is 2.31. The van der Waals surface area contributed by atoms with Crippen molar-refractivity contribution in [2.45, 2.75) is 65.1 Å². The molecule has 6 heteroatoms. The third-order valence-corrected chi connectivity index (χ3v) is 4.81. The molecule has 2 unspecified atom stereocenters. The van der Waals surface area contributed by atoms with Crippen molar-refractivity contribution in [3.63, 3.8) is 0 Å². The number of amides is 2. The summed E-state index contributed by atoms with van der Waals surface area (Å²) in [4.78, 5) is 23.5. The van der Waals surface area contributed by atoms with E-state index in [9.17, 15) is 14.7 Å². The van der Waals surface area contributed by atoms with Gasteiger partial charge in [0.15, 0.2) is 0 Å². The Morgan fingerprint density at radius 2 is 1.85 bits per heavy atom. The molecule has 1 rings (SSSR count). The Kier molecular flexibility index (Phi) is 4.39. The van der Waals surface area contributed by atoms with E-state index in [0.717, 1.165) is 6.42 Å². The minimum Gasteiger partial charge on any atom is -0.481 e. The number of carboxylic acids is 1. The van der Waals surface area contributed by atoms with Crippen LogP contribution in [-0.2, 0) is 9.53 Å². The number of rotatable bonds is 4.